The largest absolute Gasteiger partial charge is 0.325 e. The average Bonchev–Trinajstić information content (AvgIpc) is 2.61. The molecule has 0 aromatic heterocycles. The molecule has 2 aliphatic carbocycles. The first kappa shape index (κ1) is 16.7. The van der Waals surface area contributed by atoms with Crippen LogP contribution in [0.4, 0.5) is 0 Å². The number of nitrogens with zero attached hydrogens (tertiary/aromatic N) is 1. The number of benzene rings is 1. The lowest BCUT2D eigenvalue weighted by atomic mass is 9.77. The fourth-order valence-corrected chi connectivity index (χ4v) is 4.10. The average molecular weight is 346 g/mol. The minimum absolute atomic E-state index is 0.0116. The molecule has 4 heteroatoms. The molecule has 0 saturated carbocycles. The molecule has 4 nitrogen and oxygen atoms in total. The highest BCUT2D eigenvalue weighted by Crippen LogP contribution is 2.38. The van der Waals surface area contributed by atoms with Crippen molar-refractivity contribution in [1.82, 2.24) is 5.32 Å². The van der Waals surface area contributed by atoms with Gasteiger partial charge in [-0.05, 0) is 69.4 Å². The second-order valence-electron chi connectivity index (χ2n) is 7.32. The predicted octanol–water partition coefficient (Wildman–Crippen LogP) is 3.95. The van der Waals surface area contributed by atoms with Crippen LogP contribution in [0.1, 0.15) is 47.2 Å². The number of amides is 2. The smallest absolute Gasteiger partial charge is 0.277 e. The molecular formula is C22H22N2O2. The summed E-state index contributed by atoms with van der Waals surface area (Å²) >= 11 is 0. The van der Waals surface area contributed by atoms with Gasteiger partial charge in [-0.25, -0.2) is 4.99 Å². The van der Waals surface area contributed by atoms with Crippen LogP contribution in [0.15, 0.2) is 58.3 Å². The zero-order valence-electron chi connectivity index (χ0n) is 15.1. The number of aryl methyl sites for hydroxylation is 2. The van der Waals surface area contributed by atoms with Gasteiger partial charge in [-0.2, -0.15) is 0 Å². The Bertz CT molecular complexity index is 911. The highest BCUT2D eigenvalue weighted by molar-refractivity contribution is 6.14. The van der Waals surface area contributed by atoms with Crippen LogP contribution in [0.25, 0.3) is 0 Å². The molecule has 0 fully saturated rings. The summed E-state index contributed by atoms with van der Waals surface area (Å²) in [5, 5.41) is 3.00. The number of rotatable bonds is 1. The highest BCUT2D eigenvalue weighted by Gasteiger charge is 2.33. The summed E-state index contributed by atoms with van der Waals surface area (Å²) in [4.78, 5) is 29.1. The molecule has 1 unspecified atom stereocenters. The molecule has 0 spiro atoms. The van der Waals surface area contributed by atoms with Crippen molar-refractivity contribution in [2.75, 3.05) is 0 Å². The molecular weight excluding hydrogens is 324 g/mol. The number of allylic oxidation sites excluding steroid dienone is 3. The van der Waals surface area contributed by atoms with Crippen molar-refractivity contribution in [1.29, 1.82) is 0 Å². The molecule has 2 amide bonds. The lowest BCUT2D eigenvalue weighted by Gasteiger charge is -2.33. The van der Waals surface area contributed by atoms with Crippen molar-refractivity contribution in [2.24, 2.45) is 10.9 Å². The third-order valence-electron chi connectivity index (χ3n) is 5.22. The van der Waals surface area contributed by atoms with Crippen molar-refractivity contribution >= 4 is 17.5 Å². The molecule has 1 aromatic carbocycles. The molecule has 1 heterocycles. The molecule has 1 aliphatic heterocycles. The number of carbonyl (C=O) groups is 2. The third kappa shape index (κ3) is 3.07. The van der Waals surface area contributed by atoms with E-state index < -0.39 is 0 Å². The van der Waals surface area contributed by atoms with Gasteiger partial charge in [-0.3, -0.25) is 9.59 Å². The number of nitrogens with one attached hydrogen (secondary N) is 1. The zero-order chi connectivity index (χ0) is 18.3. The van der Waals surface area contributed by atoms with Crippen LogP contribution >= 0.6 is 0 Å². The number of aliphatic imine (C=N–C) groups is 1. The Balaban J connectivity index is 1.63. The maximum atomic E-state index is 12.5. The summed E-state index contributed by atoms with van der Waals surface area (Å²) in [5.41, 5.74) is 6.29. The summed E-state index contributed by atoms with van der Waals surface area (Å²) in [6.07, 6.45) is 9.85. The van der Waals surface area contributed by atoms with E-state index in [1.165, 1.54) is 5.57 Å². The van der Waals surface area contributed by atoms with E-state index in [4.69, 9.17) is 0 Å². The molecule has 26 heavy (non-hydrogen) atoms. The van der Waals surface area contributed by atoms with Gasteiger partial charge in [-0.1, -0.05) is 23.3 Å². The van der Waals surface area contributed by atoms with Crippen molar-refractivity contribution in [3.05, 3.63) is 70.0 Å². The molecule has 4 rings (SSSR count). The van der Waals surface area contributed by atoms with Gasteiger partial charge in [-0.15, -0.1) is 0 Å². The van der Waals surface area contributed by atoms with Crippen LogP contribution in [-0.4, -0.2) is 17.5 Å². The molecule has 3 aliphatic rings. The topological polar surface area (TPSA) is 58.5 Å². The first-order valence-corrected chi connectivity index (χ1v) is 9.15. The van der Waals surface area contributed by atoms with Crippen LogP contribution in [-0.2, 0) is 4.79 Å². The summed E-state index contributed by atoms with van der Waals surface area (Å²) in [7, 11) is 0. The van der Waals surface area contributed by atoms with Crippen molar-refractivity contribution < 1.29 is 9.59 Å². The van der Waals surface area contributed by atoms with E-state index in [-0.39, 0.29) is 17.7 Å². The lowest BCUT2D eigenvalue weighted by Crippen LogP contribution is -2.37. The molecule has 132 valence electrons. The Morgan fingerprint density at radius 3 is 2.62 bits per heavy atom. The molecule has 1 aromatic rings. The van der Waals surface area contributed by atoms with Gasteiger partial charge in [0, 0.05) is 22.8 Å². The van der Waals surface area contributed by atoms with E-state index in [2.05, 4.69) is 16.4 Å². The Hall–Kier alpha value is -2.75. The first-order valence-electron chi connectivity index (χ1n) is 9.15. The van der Waals surface area contributed by atoms with E-state index >= 15 is 0 Å². The van der Waals surface area contributed by atoms with Gasteiger partial charge in [0.25, 0.3) is 11.8 Å². The van der Waals surface area contributed by atoms with Gasteiger partial charge in [0.15, 0.2) is 0 Å². The van der Waals surface area contributed by atoms with Crippen LogP contribution in [0.5, 0.6) is 0 Å². The van der Waals surface area contributed by atoms with Gasteiger partial charge in [0.2, 0.25) is 0 Å². The van der Waals surface area contributed by atoms with E-state index in [1.54, 1.807) is 0 Å². The van der Waals surface area contributed by atoms with Gasteiger partial charge < -0.3 is 5.32 Å². The van der Waals surface area contributed by atoms with E-state index in [1.807, 2.05) is 44.2 Å². The normalized spacial score (nSPS) is 23.3. The number of fused-ring (bicyclic) bond motifs is 2. The maximum absolute atomic E-state index is 12.5. The number of carbonyl (C=O) groups excluding carboxylic acids is 2. The Morgan fingerprint density at radius 1 is 1.12 bits per heavy atom. The Kier molecular flexibility index (Phi) is 4.19. The Morgan fingerprint density at radius 2 is 1.85 bits per heavy atom. The van der Waals surface area contributed by atoms with Crippen molar-refractivity contribution in [3.63, 3.8) is 0 Å². The molecule has 0 radical (unpaired) electrons. The summed E-state index contributed by atoms with van der Waals surface area (Å²) in [6, 6.07) is 5.73. The fourth-order valence-electron chi connectivity index (χ4n) is 4.10. The molecule has 0 saturated heterocycles. The lowest BCUT2D eigenvalue weighted by molar-refractivity contribution is -0.117. The van der Waals surface area contributed by atoms with Gasteiger partial charge >= 0.3 is 0 Å². The minimum atomic E-state index is -0.258. The molecule has 1 atom stereocenters. The number of hydrogen-bond donors (Lipinski definition) is 1. The quantitative estimate of drug-likeness (QED) is 0.837. The second-order valence-corrected chi connectivity index (χ2v) is 7.32. The first-order chi connectivity index (χ1) is 12.5. The van der Waals surface area contributed by atoms with E-state index in [0.29, 0.717) is 11.3 Å². The summed E-state index contributed by atoms with van der Waals surface area (Å²) in [6.45, 7) is 3.94. The fraction of sp³-hybridized carbons (Fsp3) is 0.318. The second kappa shape index (κ2) is 6.52. The third-order valence-corrected chi connectivity index (χ3v) is 5.22. The maximum Gasteiger partial charge on any atom is 0.277 e. The van der Waals surface area contributed by atoms with Crippen LogP contribution in [0, 0.1) is 19.8 Å². The van der Waals surface area contributed by atoms with Crippen LogP contribution < -0.4 is 5.32 Å². The van der Waals surface area contributed by atoms with E-state index in [0.717, 1.165) is 48.1 Å². The van der Waals surface area contributed by atoms with Crippen molar-refractivity contribution in [3.8, 4) is 0 Å². The van der Waals surface area contributed by atoms with E-state index in [9.17, 15) is 9.59 Å². The monoisotopic (exact) mass is 346 g/mol. The predicted molar refractivity (Wildman–Crippen MR) is 102 cm³/mol. The summed E-state index contributed by atoms with van der Waals surface area (Å²) < 4.78 is 0. The zero-order valence-corrected chi connectivity index (χ0v) is 15.1. The molecule has 1 N–H and O–H groups in total. The van der Waals surface area contributed by atoms with Gasteiger partial charge in [0.1, 0.15) is 0 Å². The van der Waals surface area contributed by atoms with Crippen LogP contribution in [0.3, 0.4) is 0 Å². The highest BCUT2D eigenvalue weighted by atomic mass is 16.2. The standard InChI is InChI=1S/C22H22N2O2/c1-13-9-14(2)11-15(10-13)21(25)23-16-7-8-18-17-5-3-4-6-19(17)22(26)24-20(18)12-16/h7-12,18H,3-6H2,1-2H3,(H,24,26). The Labute approximate surface area is 153 Å². The SMILES string of the molecule is Cc1cc(C)cc(C(=O)N=C2C=CC3C(=C2)NC(=O)C2=C3CCCC2)c1. The minimum Gasteiger partial charge on any atom is -0.325 e. The van der Waals surface area contributed by atoms with Gasteiger partial charge in [0.05, 0.1) is 5.71 Å². The number of hydrogen-bond acceptors (Lipinski definition) is 2. The molecule has 0 bridgehead atoms. The summed E-state index contributed by atoms with van der Waals surface area (Å²) in [5.74, 6) is -0.123. The van der Waals surface area contributed by atoms with Crippen LogP contribution in [0.2, 0.25) is 0 Å². The van der Waals surface area contributed by atoms with Crippen molar-refractivity contribution in [2.45, 2.75) is 39.5 Å².